The van der Waals surface area contributed by atoms with Gasteiger partial charge in [0.2, 0.25) is 0 Å². The van der Waals surface area contributed by atoms with Gasteiger partial charge in [0.15, 0.2) is 0 Å². The zero-order valence-electron chi connectivity index (χ0n) is 9.97. The molecule has 2 aromatic carbocycles. The van der Waals surface area contributed by atoms with Crippen LogP contribution in [0.1, 0.15) is 23.1 Å². The minimum atomic E-state index is 0.307. The van der Waals surface area contributed by atoms with E-state index < -0.39 is 0 Å². The Morgan fingerprint density at radius 2 is 1.67 bits per heavy atom. The van der Waals surface area contributed by atoms with E-state index in [0.29, 0.717) is 6.42 Å². The van der Waals surface area contributed by atoms with Gasteiger partial charge in [0.05, 0.1) is 12.5 Å². The molecule has 0 saturated heterocycles. The van der Waals surface area contributed by atoms with Crippen molar-refractivity contribution >= 4 is 17.1 Å². The summed E-state index contributed by atoms with van der Waals surface area (Å²) in [5.74, 6) is 0. The summed E-state index contributed by atoms with van der Waals surface area (Å²) >= 11 is 5.30. The van der Waals surface area contributed by atoms with Crippen LogP contribution in [0.2, 0.25) is 0 Å². The van der Waals surface area contributed by atoms with Gasteiger partial charge in [0.25, 0.3) is 0 Å². The topological polar surface area (TPSA) is 23.8 Å². The van der Waals surface area contributed by atoms with E-state index in [1.807, 2.05) is 36.4 Å². The van der Waals surface area contributed by atoms with Gasteiger partial charge < -0.3 is 0 Å². The number of hydrogen-bond acceptors (Lipinski definition) is 2. The molecule has 0 aliphatic rings. The van der Waals surface area contributed by atoms with Crippen molar-refractivity contribution < 1.29 is 0 Å². The number of hydrogen-bond donors (Lipinski definition) is 0. The maximum atomic E-state index is 8.74. The molecule has 0 fully saturated rings. The molecule has 0 heterocycles. The lowest BCUT2D eigenvalue weighted by atomic mass is 9.97. The molecule has 0 aliphatic heterocycles. The Morgan fingerprint density at radius 1 is 1.00 bits per heavy atom. The molecule has 2 heteroatoms. The van der Waals surface area contributed by atoms with E-state index in [9.17, 15) is 0 Å². The maximum absolute atomic E-state index is 8.74. The van der Waals surface area contributed by atoms with Gasteiger partial charge in [0.1, 0.15) is 0 Å². The molecule has 0 amide bonds. The lowest BCUT2D eigenvalue weighted by molar-refractivity contribution is 1.18. The zero-order valence-corrected chi connectivity index (χ0v) is 10.8. The molecule has 88 valence electrons. The normalized spacial score (nSPS) is 9.72. The van der Waals surface area contributed by atoms with Crippen molar-refractivity contribution in [1.29, 1.82) is 5.26 Å². The standard InChI is InChI=1S/C16H13NS/c17-11-10-16(18)15-9-5-4-8-14(15)12-13-6-2-1-3-7-13/h1-9H,10,12H2. The summed E-state index contributed by atoms with van der Waals surface area (Å²) in [5, 5.41) is 8.74. The van der Waals surface area contributed by atoms with Crippen molar-refractivity contribution in [2.75, 3.05) is 0 Å². The van der Waals surface area contributed by atoms with Gasteiger partial charge in [-0.05, 0) is 23.1 Å². The lowest BCUT2D eigenvalue weighted by Crippen LogP contribution is -2.02. The fourth-order valence-electron chi connectivity index (χ4n) is 1.93. The van der Waals surface area contributed by atoms with E-state index in [-0.39, 0.29) is 0 Å². The highest BCUT2D eigenvalue weighted by Gasteiger charge is 2.07. The van der Waals surface area contributed by atoms with Crippen LogP contribution in [-0.2, 0) is 6.42 Å². The molecule has 0 N–H and O–H groups in total. The molecule has 1 nitrogen and oxygen atoms in total. The SMILES string of the molecule is N#CCC(=S)c1ccccc1Cc1ccccc1. The first-order valence-electron chi connectivity index (χ1n) is 5.83. The van der Waals surface area contributed by atoms with Crippen LogP contribution in [0.15, 0.2) is 54.6 Å². The van der Waals surface area contributed by atoms with E-state index in [1.54, 1.807) is 0 Å². The Bertz CT molecular complexity index is 582. The van der Waals surface area contributed by atoms with Crippen LogP contribution in [0.25, 0.3) is 0 Å². The van der Waals surface area contributed by atoms with Crippen LogP contribution in [0.4, 0.5) is 0 Å². The summed E-state index contributed by atoms with van der Waals surface area (Å²) in [5.41, 5.74) is 3.46. The largest absolute Gasteiger partial charge is 0.198 e. The summed E-state index contributed by atoms with van der Waals surface area (Å²) in [6.07, 6.45) is 1.16. The van der Waals surface area contributed by atoms with Gasteiger partial charge >= 0.3 is 0 Å². The van der Waals surface area contributed by atoms with Crippen molar-refractivity contribution in [2.45, 2.75) is 12.8 Å². The highest BCUT2D eigenvalue weighted by Crippen LogP contribution is 2.16. The maximum Gasteiger partial charge on any atom is 0.0710 e. The molecule has 18 heavy (non-hydrogen) atoms. The van der Waals surface area contributed by atoms with E-state index in [2.05, 4.69) is 24.3 Å². The molecule has 2 aromatic rings. The number of rotatable bonds is 4. The molecule has 0 aromatic heterocycles. The third-order valence-electron chi connectivity index (χ3n) is 2.79. The zero-order chi connectivity index (χ0) is 12.8. The fourth-order valence-corrected chi connectivity index (χ4v) is 2.19. The predicted molar refractivity (Wildman–Crippen MR) is 77.6 cm³/mol. The summed E-state index contributed by atoms with van der Waals surface area (Å²) in [6, 6.07) is 20.4. The van der Waals surface area contributed by atoms with Gasteiger partial charge in [-0.2, -0.15) is 5.26 Å². The van der Waals surface area contributed by atoms with Gasteiger partial charge in [-0.3, -0.25) is 0 Å². The van der Waals surface area contributed by atoms with Crippen molar-refractivity contribution in [3.63, 3.8) is 0 Å². The third-order valence-corrected chi connectivity index (χ3v) is 3.16. The third kappa shape index (κ3) is 3.03. The van der Waals surface area contributed by atoms with E-state index >= 15 is 0 Å². The van der Waals surface area contributed by atoms with Crippen LogP contribution in [-0.4, -0.2) is 4.86 Å². The van der Waals surface area contributed by atoms with Gasteiger partial charge in [0, 0.05) is 4.86 Å². The Labute approximate surface area is 113 Å². The molecular weight excluding hydrogens is 238 g/mol. The smallest absolute Gasteiger partial charge is 0.0710 e. The van der Waals surface area contributed by atoms with Crippen molar-refractivity contribution in [3.05, 3.63) is 71.3 Å². The second-order valence-electron chi connectivity index (χ2n) is 4.08. The van der Waals surface area contributed by atoms with Crippen LogP contribution in [0.3, 0.4) is 0 Å². The molecule has 0 radical (unpaired) electrons. The van der Waals surface area contributed by atoms with Crippen LogP contribution < -0.4 is 0 Å². The fraction of sp³-hybridized carbons (Fsp3) is 0.125. The number of thiocarbonyl (C=S) groups is 1. The van der Waals surface area contributed by atoms with Gasteiger partial charge in [-0.25, -0.2) is 0 Å². The molecule has 0 aliphatic carbocycles. The number of nitrogens with zero attached hydrogens (tertiary/aromatic N) is 1. The average Bonchev–Trinajstić information content (AvgIpc) is 2.41. The lowest BCUT2D eigenvalue weighted by Gasteiger charge is -2.09. The Hall–Kier alpha value is -1.98. The van der Waals surface area contributed by atoms with E-state index in [4.69, 9.17) is 17.5 Å². The van der Waals surface area contributed by atoms with Crippen molar-refractivity contribution in [1.82, 2.24) is 0 Å². The Kier molecular flexibility index (Phi) is 4.22. The second kappa shape index (κ2) is 6.09. The molecule has 0 spiro atoms. The number of benzene rings is 2. The molecule has 0 unspecified atom stereocenters. The minimum Gasteiger partial charge on any atom is -0.198 e. The van der Waals surface area contributed by atoms with Crippen molar-refractivity contribution in [3.8, 4) is 6.07 Å². The molecule has 0 bridgehead atoms. The molecular formula is C16H13NS. The highest BCUT2D eigenvalue weighted by molar-refractivity contribution is 7.80. The van der Waals surface area contributed by atoms with Crippen LogP contribution in [0.5, 0.6) is 0 Å². The second-order valence-corrected chi connectivity index (χ2v) is 4.57. The molecule has 0 atom stereocenters. The molecule has 0 saturated carbocycles. The van der Waals surface area contributed by atoms with Gasteiger partial charge in [-0.1, -0.05) is 66.8 Å². The summed E-state index contributed by atoms with van der Waals surface area (Å²) < 4.78 is 0. The quantitative estimate of drug-likeness (QED) is 0.607. The first-order chi connectivity index (χ1) is 8.81. The van der Waals surface area contributed by atoms with Gasteiger partial charge in [-0.15, -0.1) is 0 Å². The minimum absolute atomic E-state index is 0.307. The average molecular weight is 251 g/mol. The number of nitriles is 1. The highest BCUT2D eigenvalue weighted by atomic mass is 32.1. The summed E-state index contributed by atoms with van der Waals surface area (Å²) in [4.78, 5) is 0.726. The van der Waals surface area contributed by atoms with Crippen molar-refractivity contribution in [2.24, 2.45) is 0 Å². The summed E-state index contributed by atoms with van der Waals surface area (Å²) in [6.45, 7) is 0. The van der Waals surface area contributed by atoms with E-state index in [0.717, 1.165) is 16.8 Å². The van der Waals surface area contributed by atoms with Crippen LogP contribution >= 0.6 is 12.2 Å². The first kappa shape index (κ1) is 12.5. The monoisotopic (exact) mass is 251 g/mol. The predicted octanol–water partition coefficient (Wildman–Crippen LogP) is 3.91. The first-order valence-corrected chi connectivity index (χ1v) is 6.24. The van der Waals surface area contributed by atoms with E-state index in [1.165, 1.54) is 11.1 Å². The Morgan fingerprint density at radius 3 is 2.39 bits per heavy atom. The summed E-state index contributed by atoms with van der Waals surface area (Å²) in [7, 11) is 0. The molecule has 2 rings (SSSR count). The van der Waals surface area contributed by atoms with Crippen LogP contribution in [0, 0.1) is 11.3 Å². The Balaban J connectivity index is 2.29.